The number of piperidine rings is 1. The van der Waals surface area contributed by atoms with Gasteiger partial charge in [0.1, 0.15) is 10.7 Å². The van der Waals surface area contributed by atoms with Crippen LogP contribution in [0.5, 0.6) is 0 Å². The lowest BCUT2D eigenvalue weighted by molar-refractivity contribution is 0.0572. The summed E-state index contributed by atoms with van der Waals surface area (Å²) in [5, 5.41) is 3.13. The Labute approximate surface area is 126 Å². The first-order valence-corrected chi connectivity index (χ1v) is 8.74. The van der Waals surface area contributed by atoms with Crippen LogP contribution in [0.4, 0.5) is 5.82 Å². The zero-order valence-electron chi connectivity index (χ0n) is 12.6. The lowest BCUT2D eigenvalue weighted by Gasteiger charge is -2.30. The van der Waals surface area contributed by atoms with Gasteiger partial charge < -0.3 is 10.1 Å². The van der Waals surface area contributed by atoms with Gasteiger partial charge in [0, 0.05) is 32.9 Å². The maximum Gasteiger partial charge on any atom is 0.244 e. The summed E-state index contributed by atoms with van der Waals surface area (Å²) in [7, 11) is -1.86. The quantitative estimate of drug-likeness (QED) is 0.865. The average Bonchev–Trinajstić information content (AvgIpc) is 2.53. The van der Waals surface area contributed by atoms with Crippen molar-refractivity contribution in [3.8, 4) is 0 Å². The van der Waals surface area contributed by atoms with Crippen LogP contribution in [0.2, 0.25) is 0 Å². The van der Waals surface area contributed by atoms with Crippen LogP contribution < -0.4 is 5.32 Å². The molecule has 6 nitrogen and oxygen atoms in total. The van der Waals surface area contributed by atoms with Crippen molar-refractivity contribution in [2.75, 3.05) is 32.1 Å². The molecule has 1 aromatic heterocycles. The minimum absolute atomic E-state index is 0.0213. The molecule has 1 N–H and O–H groups in total. The maximum atomic E-state index is 12.6. The maximum absolute atomic E-state index is 12.6. The van der Waals surface area contributed by atoms with E-state index < -0.39 is 10.0 Å². The zero-order chi connectivity index (χ0) is 15.3. The first kappa shape index (κ1) is 16.2. The Morgan fingerprint density at radius 2 is 2.29 bits per heavy atom. The number of methoxy groups -OCH3 is 1. The molecule has 7 heteroatoms. The van der Waals surface area contributed by atoms with E-state index in [9.17, 15) is 8.42 Å². The third-order valence-electron chi connectivity index (χ3n) is 3.60. The molecule has 0 saturated carbocycles. The molecule has 0 bridgehead atoms. The molecule has 2 heterocycles. The van der Waals surface area contributed by atoms with E-state index in [4.69, 9.17) is 4.74 Å². The first-order chi connectivity index (χ1) is 10.1. The second-order valence-electron chi connectivity index (χ2n) is 5.17. The highest BCUT2D eigenvalue weighted by Gasteiger charge is 2.30. The number of ether oxygens (including phenoxy) is 1. The van der Waals surface area contributed by atoms with Gasteiger partial charge in [-0.15, -0.1) is 0 Å². The molecule has 0 spiro atoms. The second-order valence-corrected chi connectivity index (χ2v) is 7.11. The lowest BCUT2D eigenvalue weighted by Crippen LogP contribution is -2.42. The average molecular weight is 313 g/mol. The Bertz CT molecular complexity index is 545. The summed E-state index contributed by atoms with van der Waals surface area (Å²) in [4.78, 5) is 4.41. The fourth-order valence-corrected chi connectivity index (χ4v) is 3.81. The summed E-state index contributed by atoms with van der Waals surface area (Å²) in [6.07, 6.45) is 4.12. The van der Waals surface area contributed by atoms with E-state index in [-0.39, 0.29) is 11.0 Å². The van der Waals surface area contributed by atoms with Crippen LogP contribution in [0.15, 0.2) is 23.2 Å². The smallest absolute Gasteiger partial charge is 0.244 e. The van der Waals surface area contributed by atoms with Crippen LogP contribution >= 0.6 is 0 Å². The van der Waals surface area contributed by atoms with Crippen LogP contribution in [0.25, 0.3) is 0 Å². The van der Waals surface area contributed by atoms with E-state index in [2.05, 4.69) is 17.2 Å². The summed E-state index contributed by atoms with van der Waals surface area (Å²) < 4.78 is 31.9. The second kappa shape index (κ2) is 7.20. The Morgan fingerprint density at radius 1 is 1.48 bits per heavy atom. The molecular weight excluding hydrogens is 290 g/mol. The van der Waals surface area contributed by atoms with Gasteiger partial charge in [-0.25, -0.2) is 13.4 Å². The fraction of sp³-hybridized carbons (Fsp3) is 0.643. The van der Waals surface area contributed by atoms with E-state index in [1.165, 1.54) is 10.5 Å². The van der Waals surface area contributed by atoms with E-state index in [0.29, 0.717) is 18.9 Å². The molecule has 0 aliphatic carbocycles. The molecule has 2 rings (SSSR count). The largest absolute Gasteiger partial charge is 0.380 e. The summed E-state index contributed by atoms with van der Waals surface area (Å²) in [5.41, 5.74) is 0. The minimum atomic E-state index is -3.48. The molecule has 1 saturated heterocycles. The van der Waals surface area contributed by atoms with Crippen molar-refractivity contribution in [2.45, 2.75) is 37.2 Å². The Balaban J connectivity index is 2.11. The molecule has 1 aliphatic heterocycles. The third kappa shape index (κ3) is 3.93. The van der Waals surface area contributed by atoms with Gasteiger partial charge in [-0.2, -0.15) is 4.31 Å². The van der Waals surface area contributed by atoms with Gasteiger partial charge in [0.05, 0.1) is 6.10 Å². The highest BCUT2D eigenvalue weighted by Crippen LogP contribution is 2.22. The Morgan fingerprint density at radius 3 is 2.90 bits per heavy atom. The number of anilines is 1. The van der Waals surface area contributed by atoms with Gasteiger partial charge in [-0.1, -0.05) is 6.92 Å². The highest BCUT2D eigenvalue weighted by molar-refractivity contribution is 7.89. The summed E-state index contributed by atoms with van der Waals surface area (Å²) >= 11 is 0. The van der Waals surface area contributed by atoms with Crippen molar-refractivity contribution in [3.63, 3.8) is 0 Å². The fourth-order valence-electron chi connectivity index (χ4n) is 2.36. The van der Waals surface area contributed by atoms with Crippen molar-refractivity contribution >= 4 is 15.8 Å². The van der Waals surface area contributed by atoms with Gasteiger partial charge in [0.15, 0.2) is 0 Å². The summed E-state index contributed by atoms with van der Waals surface area (Å²) in [6, 6.07) is 3.32. The molecule has 1 atom stereocenters. The molecule has 0 radical (unpaired) electrons. The molecule has 1 aromatic rings. The van der Waals surface area contributed by atoms with Crippen molar-refractivity contribution in [1.29, 1.82) is 0 Å². The number of aromatic nitrogens is 1. The highest BCUT2D eigenvalue weighted by atomic mass is 32.2. The zero-order valence-corrected chi connectivity index (χ0v) is 13.4. The number of sulfonamides is 1. The predicted octanol–water partition coefficient (Wildman–Crippen LogP) is 1.70. The molecule has 1 aliphatic rings. The van der Waals surface area contributed by atoms with Crippen LogP contribution in [0, 0.1) is 0 Å². The van der Waals surface area contributed by atoms with Crippen LogP contribution in [-0.2, 0) is 14.8 Å². The number of pyridine rings is 1. The van der Waals surface area contributed by atoms with Gasteiger partial charge in [-0.05, 0) is 31.4 Å². The topological polar surface area (TPSA) is 71.5 Å². The number of nitrogens with one attached hydrogen (secondary N) is 1. The van der Waals surface area contributed by atoms with Gasteiger partial charge in [0.25, 0.3) is 0 Å². The number of nitrogens with zero attached hydrogens (tertiary/aromatic N) is 2. The molecular formula is C14H23N3O3S. The molecule has 21 heavy (non-hydrogen) atoms. The van der Waals surface area contributed by atoms with Crippen molar-refractivity contribution in [1.82, 2.24) is 9.29 Å². The van der Waals surface area contributed by atoms with Crippen LogP contribution in [0.1, 0.15) is 26.2 Å². The van der Waals surface area contributed by atoms with E-state index in [1.807, 2.05) is 0 Å². The molecule has 118 valence electrons. The van der Waals surface area contributed by atoms with Gasteiger partial charge in [-0.3, -0.25) is 0 Å². The Kier molecular flexibility index (Phi) is 5.55. The van der Waals surface area contributed by atoms with Crippen molar-refractivity contribution < 1.29 is 13.2 Å². The summed E-state index contributed by atoms with van der Waals surface area (Å²) in [6.45, 7) is 3.84. The molecule has 1 unspecified atom stereocenters. The van der Waals surface area contributed by atoms with E-state index in [0.717, 1.165) is 25.8 Å². The number of hydrogen-bond acceptors (Lipinski definition) is 5. The van der Waals surface area contributed by atoms with Crippen LogP contribution in [0.3, 0.4) is 0 Å². The van der Waals surface area contributed by atoms with Gasteiger partial charge >= 0.3 is 0 Å². The van der Waals surface area contributed by atoms with Crippen molar-refractivity contribution in [2.24, 2.45) is 0 Å². The molecule has 1 fully saturated rings. The lowest BCUT2D eigenvalue weighted by atomic mass is 10.1. The number of hydrogen-bond donors (Lipinski definition) is 1. The van der Waals surface area contributed by atoms with E-state index in [1.54, 1.807) is 19.2 Å². The molecule has 0 aromatic carbocycles. The van der Waals surface area contributed by atoms with E-state index >= 15 is 0 Å². The monoisotopic (exact) mass is 313 g/mol. The third-order valence-corrected chi connectivity index (χ3v) is 5.45. The Hall–Kier alpha value is -1.18. The minimum Gasteiger partial charge on any atom is -0.380 e. The standard InChI is InChI=1S/C14H23N3O3S/c1-3-8-15-14-7-6-13(10-16-14)21(18,19)17-9-4-5-12(11-17)20-2/h6-7,10,12H,3-5,8-9,11H2,1-2H3,(H,15,16). The normalized spacial score (nSPS) is 20.4. The first-order valence-electron chi connectivity index (χ1n) is 7.30. The summed E-state index contributed by atoms with van der Waals surface area (Å²) in [5.74, 6) is 0.698. The van der Waals surface area contributed by atoms with Gasteiger partial charge in [0.2, 0.25) is 10.0 Å². The van der Waals surface area contributed by atoms with Crippen molar-refractivity contribution in [3.05, 3.63) is 18.3 Å². The van der Waals surface area contributed by atoms with Crippen LogP contribution in [-0.4, -0.2) is 50.6 Å². The number of rotatable bonds is 6. The predicted molar refractivity (Wildman–Crippen MR) is 81.8 cm³/mol. The SMILES string of the molecule is CCCNc1ccc(S(=O)(=O)N2CCCC(OC)C2)cn1. The molecule has 0 amide bonds.